The molecule has 17 heavy (non-hydrogen) atoms. The van der Waals surface area contributed by atoms with E-state index in [-0.39, 0.29) is 5.91 Å². The molecule has 0 saturated carbocycles. The number of hydrogen-bond acceptors (Lipinski definition) is 3. The second kappa shape index (κ2) is 5.17. The Morgan fingerprint density at radius 2 is 2.18 bits per heavy atom. The van der Waals surface area contributed by atoms with Crippen molar-refractivity contribution in [3.63, 3.8) is 0 Å². The predicted octanol–water partition coefficient (Wildman–Crippen LogP) is 1.56. The fourth-order valence-corrected chi connectivity index (χ4v) is 2.17. The average molecular weight is 234 g/mol. The molecule has 0 radical (unpaired) electrons. The average Bonchev–Trinajstić information content (AvgIpc) is 2.83. The number of carbonyl (C=O) groups excluding carboxylic acids is 1. The number of aryl methyl sites for hydroxylation is 1. The summed E-state index contributed by atoms with van der Waals surface area (Å²) in [5.74, 6) is 0.733. The van der Waals surface area contributed by atoms with Gasteiger partial charge in [0.15, 0.2) is 0 Å². The Balaban J connectivity index is 2.11. The van der Waals surface area contributed by atoms with Crippen LogP contribution in [0.25, 0.3) is 0 Å². The highest BCUT2D eigenvalue weighted by molar-refractivity contribution is 5.79. The zero-order valence-corrected chi connectivity index (χ0v) is 10.4. The second-order valence-corrected chi connectivity index (χ2v) is 4.45. The molecule has 1 fully saturated rings. The highest BCUT2D eigenvalue weighted by Gasteiger charge is 2.19. The molecule has 0 atom stereocenters. The van der Waals surface area contributed by atoms with Gasteiger partial charge in [-0.05, 0) is 31.4 Å². The molecule has 2 rings (SSSR count). The Labute approximate surface area is 102 Å². The number of likely N-dealkylation sites (tertiary alicyclic amines) is 1. The van der Waals surface area contributed by atoms with Crippen LogP contribution in [0.3, 0.4) is 0 Å². The van der Waals surface area contributed by atoms with Gasteiger partial charge in [0.2, 0.25) is 11.8 Å². The molecule has 0 aromatic carbocycles. The van der Waals surface area contributed by atoms with Gasteiger partial charge >= 0.3 is 0 Å². The van der Waals surface area contributed by atoms with Crippen LogP contribution in [0.2, 0.25) is 0 Å². The first-order chi connectivity index (χ1) is 8.20. The maximum atomic E-state index is 12.0. The molecule has 0 aliphatic carbocycles. The van der Waals surface area contributed by atoms with E-state index in [1.807, 2.05) is 17.9 Å². The van der Waals surface area contributed by atoms with E-state index in [0.29, 0.717) is 12.3 Å². The van der Waals surface area contributed by atoms with Gasteiger partial charge in [0.25, 0.3) is 0 Å². The van der Waals surface area contributed by atoms with Gasteiger partial charge in [0.1, 0.15) is 0 Å². The molecule has 1 aliphatic rings. The normalized spacial score (nSPS) is 15.1. The summed E-state index contributed by atoms with van der Waals surface area (Å²) in [5, 5.41) is 0. The Morgan fingerprint density at radius 3 is 2.82 bits per heavy atom. The van der Waals surface area contributed by atoms with E-state index in [1.165, 1.54) is 0 Å². The fraction of sp³-hybridized carbons (Fsp3) is 0.538. The van der Waals surface area contributed by atoms with Crippen molar-refractivity contribution >= 4 is 5.91 Å². The Hall–Kier alpha value is -1.58. The second-order valence-electron chi connectivity index (χ2n) is 4.45. The predicted molar refractivity (Wildman–Crippen MR) is 65.0 cm³/mol. The van der Waals surface area contributed by atoms with Crippen molar-refractivity contribution in [2.24, 2.45) is 0 Å². The minimum absolute atomic E-state index is 0.174. The summed E-state index contributed by atoms with van der Waals surface area (Å²) in [4.78, 5) is 18.1. The lowest BCUT2D eigenvalue weighted by Gasteiger charge is -2.16. The first-order valence-electron chi connectivity index (χ1n) is 5.98. The lowest BCUT2D eigenvalue weighted by molar-refractivity contribution is -0.129. The zero-order chi connectivity index (χ0) is 12.3. The third kappa shape index (κ3) is 2.75. The molecular formula is C13H18N2O2. The quantitative estimate of drug-likeness (QED) is 0.797. The standard InChI is InChI=1S/C13H18N2O2/c1-10-7-11(13(17-2)14-9-10)8-12(16)15-5-3-4-6-15/h7,9H,3-6,8H2,1-2H3. The van der Waals surface area contributed by atoms with Crippen LogP contribution < -0.4 is 4.74 Å². The molecule has 1 aromatic rings. The molecular weight excluding hydrogens is 216 g/mol. The highest BCUT2D eigenvalue weighted by Crippen LogP contribution is 2.18. The summed E-state index contributed by atoms with van der Waals surface area (Å²) < 4.78 is 5.18. The van der Waals surface area contributed by atoms with Crippen molar-refractivity contribution in [1.29, 1.82) is 0 Å². The van der Waals surface area contributed by atoms with Crippen LogP contribution in [0.5, 0.6) is 5.88 Å². The molecule has 0 unspecified atom stereocenters. The van der Waals surface area contributed by atoms with Crippen molar-refractivity contribution in [1.82, 2.24) is 9.88 Å². The number of carbonyl (C=O) groups is 1. The first kappa shape index (κ1) is 11.9. The van der Waals surface area contributed by atoms with E-state index in [9.17, 15) is 4.79 Å². The third-order valence-corrected chi connectivity index (χ3v) is 3.06. The lowest BCUT2D eigenvalue weighted by Crippen LogP contribution is -2.29. The summed E-state index contributed by atoms with van der Waals surface area (Å²) >= 11 is 0. The topological polar surface area (TPSA) is 42.4 Å². The van der Waals surface area contributed by atoms with Crippen molar-refractivity contribution < 1.29 is 9.53 Å². The summed E-state index contributed by atoms with van der Waals surface area (Å²) in [7, 11) is 1.58. The molecule has 2 heterocycles. The number of amides is 1. The van der Waals surface area contributed by atoms with Gasteiger partial charge in [0, 0.05) is 24.8 Å². The number of pyridine rings is 1. The van der Waals surface area contributed by atoms with Gasteiger partial charge in [-0.25, -0.2) is 4.98 Å². The minimum atomic E-state index is 0.174. The third-order valence-electron chi connectivity index (χ3n) is 3.06. The molecule has 1 saturated heterocycles. The van der Waals surface area contributed by atoms with Gasteiger partial charge < -0.3 is 9.64 Å². The Bertz CT molecular complexity index is 412. The number of methoxy groups -OCH3 is 1. The van der Waals surface area contributed by atoms with Crippen molar-refractivity contribution in [2.75, 3.05) is 20.2 Å². The molecule has 92 valence electrons. The van der Waals surface area contributed by atoms with Gasteiger partial charge in [-0.2, -0.15) is 0 Å². The summed E-state index contributed by atoms with van der Waals surface area (Å²) in [6, 6.07) is 1.97. The van der Waals surface area contributed by atoms with Crippen LogP contribution in [0.4, 0.5) is 0 Å². The van der Waals surface area contributed by atoms with Crippen molar-refractivity contribution in [2.45, 2.75) is 26.2 Å². The highest BCUT2D eigenvalue weighted by atomic mass is 16.5. The molecule has 1 aromatic heterocycles. The summed E-state index contributed by atoms with van der Waals surface area (Å²) in [6.07, 6.45) is 4.38. The molecule has 4 heteroatoms. The van der Waals surface area contributed by atoms with E-state index in [2.05, 4.69) is 4.98 Å². The van der Waals surface area contributed by atoms with E-state index in [1.54, 1.807) is 13.3 Å². The number of rotatable bonds is 3. The van der Waals surface area contributed by atoms with Crippen LogP contribution in [-0.4, -0.2) is 36.0 Å². The SMILES string of the molecule is COc1ncc(C)cc1CC(=O)N1CCCC1. The van der Waals surface area contributed by atoms with Gasteiger partial charge in [-0.15, -0.1) is 0 Å². The van der Waals surface area contributed by atoms with E-state index >= 15 is 0 Å². The molecule has 0 bridgehead atoms. The Kier molecular flexibility index (Phi) is 3.61. The first-order valence-corrected chi connectivity index (χ1v) is 5.98. The molecule has 0 N–H and O–H groups in total. The van der Waals surface area contributed by atoms with Crippen molar-refractivity contribution in [3.8, 4) is 5.88 Å². The van der Waals surface area contributed by atoms with Crippen LogP contribution in [0.15, 0.2) is 12.3 Å². The minimum Gasteiger partial charge on any atom is -0.481 e. The molecule has 0 spiro atoms. The largest absolute Gasteiger partial charge is 0.481 e. The Morgan fingerprint density at radius 1 is 1.47 bits per heavy atom. The fourth-order valence-electron chi connectivity index (χ4n) is 2.17. The molecule has 4 nitrogen and oxygen atoms in total. The van der Waals surface area contributed by atoms with Gasteiger partial charge in [0.05, 0.1) is 13.5 Å². The van der Waals surface area contributed by atoms with Gasteiger partial charge in [-0.1, -0.05) is 0 Å². The maximum Gasteiger partial charge on any atom is 0.227 e. The number of aromatic nitrogens is 1. The lowest BCUT2D eigenvalue weighted by atomic mass is 10.1. The number of nitrogens with zero attached hydrogens (tertiary/aromatic N) is 2. The monoisotopic (exact) mass is 234 g/mol. The van der Waals surface area contributed by atoms with Crippen LogP contribution in [0, 0.1) is 6.92 Å². The van der Waals surface area contributed by atoms with E-state index < -0.39 is 0 Å². The molecule has 1 aliphatic heterocycles. The smallest absolute Gasteiger partial charge is 0.227 e. The van der Waals surface area contributed by atoms with E-state index in [0.717, 1.165) is 37.1 Å². The summed E-state index contributed by atoms with van der Waals surface area (Å²) in [6.45, 7) is 3.75. The number of hydrogen-bond donors (Lipinski definition) is 0. The van der Waals surface area contributed by atoms with E-state index in [4.69, 9.17) is 4.74 Å². The van der Waals surface area contributed by atoms with Crippen molar-refractivity contribution in [3.05, 3.63) is 23.4 Å². The van der Waals surface area contributed by atoms with Crippen LogP contribution >= 0.6 is 0 Å². The van der Waals surface area contributed by atoms with Gasteiger partial charge in [-0.3, -0.25) is 4.79 Å². The van der Waals surface area contributed by atoms with Crippen LogP contribution in [-0.2, 0) is 11.2 Å². The van der Waals surface area contributed by atoms with Crippen LogP contribution in [0.1, 0.15) is 24.0 Å². The summed E-state index contributed by atoms with van der Waals surface area (Å²) in [5.41, 5.74) is 1.93. The molecule has 1 amide bonds. The number of ether oxygens (including phenoxy) is 1. The maximum absolute atomic E-state index is 12.0. The zero-order valence-electron chi connectivity index (χ0n) is 10.4.